The van der Waals surface area contributed by atoms with E-state index >= 15 is 0 Å². The second-order valence-electron chi connectivity index (χ2n) is 4.70. The van der Waals surface area contributed by atoms with Gasteiger partial charge in [-0.15, -0.1) is 11.8 Å². The number of carbonyl (C=O) groups excluding carboxylic acids is 2. The van der Waals surface area contributed by atoms with Crippen molar-refractivity contribution in [2.45, 2.75) is 36.4 Å². The van der Waals surface area contributed by atoms with Crippen molar-refractivity contribution >= 4 is 23.6 Å². The van der Waals surface area contributed by atoms with Crippen LogP contribution >= 0.6 is 11.8 Å². The van der Waals surface area contributed by atoms with Crippen LogP contribution in [0.3, 0.4) is 0 Å². The average molecular weight is 267 g/mol. The molecule has 1 N–H and O–H groups in total. The third-order valence-electron chi connectivity index (χ3n) is 3.21. The predicted octanol–water partition coefficient (Wildman–Crippen LogP) is -4.20. The van der Waals surface area contributed by atoms with Gasteiger partial charge >= 0.3 is 29.6 Å². The van der Waals surface area contributed by atoms with E-state index in [1.54, 1.807) is 13.8 Å². The zero-order chi connectivity index (χ0) is 12.1. The molecule has 1 amide bonds. The zero-order valence-electron chi connectivity index (χ0n) is 10.2. The van der Waals surface area contributed by atoms with Gasteiger partial charge in [0.2, 0.25) is 5.91 Å². The number of nitrogens with zero attached hydrogens (tertiary/aromatic N) is 1. The number of β-lactam (4-membered cyclic amide) rings is 1. The summed E-state index contributed by atoms with van der Waals surface area (Å²) in [5.74, 6) is -1.61. The van der Waals surface area contributed by atoms with Crippen LogP contribution in [0.5, 0.6) is 0 Å². The second-order valence-corrected chi connectivity index (χ2v) is 6.47. The molecule has 2 saturated heterocycles. The van der Waals surface area contributed by atoms with E-state index in [0.29, 0.717) is 6.42 Å². The largest absolute Gasteiger partial charge is 1.00 e. The number of thioether (sulfide) groups is 1. The molecule has 2 rings (SSSR count). The Balaban J connectivity index is 0.00000144. The maximum Gasteiger partial charge on any atom is 1.00 e. The number of aliphatic carboxylic acids is 1. The molecule has 0 radical (unpaired) electrons. The number of hydrogen-bond donors (Lipinski definition) is 1. The van der Waals surface area contributed by atoms with Gasteiger partial charge in [0.05, 0.1) is 23.3 Å². The summed E-state index contributed by atoms with van der Waals surface area (Å²) >= 11 is 1.48. The van der Waals surface area contributed by atoms with E-state index in [1.165, 1.54) is 16.7 Å². The van der Waals surface area contributed by atoms with Crippen LogP contribution in [-0.2, 0) is 9.59 Å². The van der Waals surface area contributed by atoms with Crippen molar-refractivity contribution in [3.63, 3.8) is 0 Å². The Morgan fingerprint density at radius 3 is 2.65 bits per heavy atom. The molecule has 2 aliphatic heterocycles. The topological polar surface area (TPSA) is 80.7 Å². The minimum Gasteiger partial charge on any atom is -0.548 e. The number of carboxylic acids is 1. The van der Waals surface area contributed by atoms with Gasteiger partial charge in [-0.2, -0.15) is 0 Å². The molecule has 0 aromatic rings. The quantitative estimate of drug-likeness (QED) is 0.414. The van der Waals surface area contributed by atoms with Gasteiger partial charge in [0.15, 0.2) is 0 Å². The number of fused-ring (bicyclic) bond motifs is 1. The summed E-state index contributed by atoms with van der Waals surface area (Å²) < 4.78 is -0.524. The van der Waals surface area contributed by atoms with Gasteiger partial charge in [-0.25, -0.2) is 0 Å². The summed E-state index contributed by atoms with van der Waals surface area (Å²) in [7, 11) is 0. The van der Waals surface area contributed by atoms with Crippen LogP contribution in [0.15, 0.2) is 0 Å². The van der Waals surface area contributed by atoms with Crippen molar-refractivity contribution in [2.24, 2.45) is 5.92 Å². The number of rotatable bonds is 3. The molecular formula is C10H14NNaO4S. The van der Waals surface area contributed by atoms with Crippen LogP contribution < -0.4 is 34.7 Å². The first-order chi connectivity index (χ1) is 7.40. The summed E-state index contributed by atoms with van der Waals surface area (Å²) in [6, 6.07) is -0.857. The molecule has 5 nitrogen and oxygen atoms in total. The number of aliphatic hydroxyl groups excluding tert-OH is 1. The molecule has 0 bridgehead atoms. The fourth-order valence-electron chi connectivity index (χ4n) is 2.48. The normalized spacial score (nSPS) is 33.7. The number of carbonyl (C=O) groups is 2. The van der Waals surface area contributed by atoms with Crippen LogP contribution in [0, 0.1) is 5.92 Å². The fraction of sp³-hybridized carbons (Fsp3) is 0.800. The Kier molecular flexibility index (Phi) is 4.58. The van der Waals surface area contributed by atoms with Crippen LogP contribution in [0.1, 0.15) is 20.3 Å². The molecule has 0 saturated carbocycles. The standard InChI is InChI=1S/C10H15NO4S.Na/c1-10(2)6(9(14)15)11-7(13)5(3-4-12)8(11)16-10;/h5-6,8,12H,3-4H2,1-2H3,(H,14,15);/q;+1/p-1/t5-,6+,8-;/m1./s1. The molecule has 2 aliphatic rings. The minimum atomic E-state index is -1.20. The van der Waals surface area contributed by atoms with Crippen molar-refractivity contribution in [1.29, 1.82) is 0 Å². The molecule has 0 aromatic carbocycles. The average Bonchev–Trinajstić information content (AvgIpc) is 2.43. The van der Waals surface area contributed by atoms with Crippen LogP contribution in [0.2, 0.25) is 0 Å². The summed E-state index contributed by atoms with van der Waals surface area (Å²) in [6.07, 6.45) is 0.406. The minimum absolute atomic E-state index is 0. The monoisotopic (exact) mass is 267 g/mol. The molecule has 17 heavy (non-hydrogen) atoms. The van der Waals surface area contributed by atoms with Gasteiger partial charge in [0.25, 0.3) is 0 Å². The van der Waals surface area contributed by atoms with Gasteiger partial charge in [-0.3, -0.25) is 4.79 Å². The van der Waals surface area contributed by atoms with Crippen molar-refractivity contribution in [3.05, 3.63) is 0 Å². The van der Waals surface area contributed by atoms with Crippen LogP contribution in [-0.4, -0.2) is 44.7 Å². The molecule has 3 atom stereocenters. The third-order valence-corrected chi connectivity index (χ3v) is 4.84. The first-order valence-electron chi connectivity index (χ1n) is 5.22. The molecule has 0 aliphatic carbocycles. The van der Waals surface area contributed by atoms with E-state index in [0.717, 1.165) is 0 Å². The summed E-state index contributed by atoms with van der Waals surface area (Å²) in [5, 5.41) is 19.8. The van der Waals surface area contributed by atoms with Gasteiger partial charge < -0.3 is 19.9 Å². The molecular weight excluding hydrogens is 253 g/mol. The first-order valence-corrected chi connectivity index (χ1v) is 6.10. The summed E-state index contributed by atoms with van der Waals surface area (Å²) in [6.45, 7) is 3.57. The Bertz CT molecular complexity index is 349. The molecule has 7 heteroatoms. The number of amides is 1. The first kappa shape index (κ1) is 15.3. The van der Waals surface area contributed by atoms with Crippen molar-refractivity contribution < 1.29 is 49.4 Å². The van der Waals surface area contributed by atoms with Crippen molar-refractivity contribution in [3.8, 4) is 0 Å². The van der Waals surface area contributed by atoms with Gasteiger partial charge in [0.1, 0.15) is 0 Å². The van der Waals surface area contributed by atoms with E-state index < -0.39 is 16.8 Å². The summed E-state index contributed by atoms with van der Waals surface area (Å²) in [4.78, 5) is 24.2. The smallest absolute Gasteiger partial charge is 0.548 e. The van der Waals surface area contributed by atoms with Crippen molar-refractivity contribution in [2.75, 3.05) is 6.61 Å². The Morgan fingerprint density at radius 2 is 2.18 bits per heavy atom. The predicted molar refractivity (Wildman–Crippen MR) is 56.3 cm³/mol. The van der Waals surface area contributed by atoms with E-state index in [1.807, 2.05) is 0 Å². The second kappa shape index (κ2) is 5.09. The van der Waals surface area contributed by atoms with Gasteiger partial charge in [-0.05, 0) is 20.3 Å². The maximum atomic E-state index is 11.7. The SMILES string of the molecule is CC1(C)S[C@@H]2[C@H](CCO)C(=O)N2[C@H]1C(=O)[O-].[Na+]. The van der Waals surface area contributed by atoms with Crippen molar-refractivity contribution in [1.82, 2.24) is 4.90 Å². The van der Waals surface area contributed by atoms with Crippen LogP contribution in [0.25, 0.3) is 0 Å². The molecule has 2 heterocycles. The van der Waals surface area contributed by atoms with E-state index in [4.69, 9.17) is 5.11 Å². The molecule has 2 fully saturated rings. The fourth-order valence-corrected chi connectivity index (χ4v) is 4.19. The maximum absolute atomic E-state index is 11.7. The van der Waals surface area contributed by atoms with E-state index in [9.17, 15) is 14.7 Å². The van der Waals surface area contributed by atoms with Gasteiger partial charge in [-0.1, -0.05) is 0 Å². The number of aliphatic hydroxyl groups is 1. The molecule has 0 spiro atoms. The van der Waals surface area contributed by atoms with E-state index in [2.05, 4.69) is 0 Å². The zero-order valence-corrected chi connectivity index (χ0v) is 13.0. The molecule has 0 aromatic heterocycles. The molecule has 90 valence electrons. The van der Waals surface area contributed by atoms with Gasteiger partial charge in [0, 0.05) is 11.4 Å². The Labute approximate surface area is 126 Å². The Hall–Kier alpha value is 0.250. The van der Waals surface area contributed by atoms with E-state index in [-0.39, 0.29) is 53.4 Å². The third kappa shape index (κ3) is 2.26. The van der Waals surface area contributed by atoms with Crippen LogP contribution in [0.4, 0.5) is 0 Å². The Morgan fingerprint density at radius 1 is 1.59 bits per heavy atom. The molecule has 0 unspecified atom stereocenters. The number of hydrogen-bond acceptors (Lipinski definition) is 5. The summed E-state index contributed by atoms with van der Waals surface area (Å²) in [5.41, 5.74) is 0. The number of carboxylic acid groups (broad SMARTS) is 1.